The normalized spacial score (nSPS) is 11.4. The van der Waals surface area contributed by atoms with E-state index in [0.717, 1.165) is 20.9 Å². The van der Waals surface area contributed by atoms with Crippen LogP contribution in [0.5, 0.6) is 11.6 Å². The first kappa shape index (κ1) is 17.2. The fourth-order valence-electron chi connectivity index (χ4n) is 2.63. The molecule has 25 heavy (non-hydrogen) atoms. The van der Waals surface area contributed by atoms with Crippen LogP contribution < -0.4 is 4.74 Å². The van der Waals surface area contributed by atoms with Gasteiger partial charge in [-0.05, 0) is 64.8 Å². The van der Waals surface area contributed by atoms with E-state index in [4.69, 9.17) is 4.74 Å². The number of aromatic hydroxyl groups is 1. The van der Waals surface area contributed by atoms with Crippen molar-refractivity contribution in [3.05, 3.63) is 52.0 Å². The lowest BCUT2D eigenvalue weighted by molar-refractivity contribution is 0.0995. The number of benzene rings is 2. The van der Waals surface area contributed by atoms with Gasteiger partial charge in [0, 0.05) is 22.5 Å². The molecule has 7 heteroatoms. The Kier molecular flexibility index (Phi) is 4.59. The minimum atomic E-state index is -0.495. The van der Waals surface area contributed by atoms with Gasteiger partial charge >= 0.3 is 0 Å². The van der Waals surface area contributed by atoms with Gasteiger partial charge in [0.05, 0.1) is 12.6 Å². The summed E-state index contributed by atoms with van der Waals surface area (Å²) in [5, 5.41) is 18.8. The first-order valence-electron chi connectivity index (χ1n) is 7.50. The van der Waals surface area contributed by atoms with E-state index in [1.165, 1.54) is 0 Å². The molecule has 0 bridgehead atoms. The average Bonchev–Trinajstić information content (AvgIpc) is 2.83. The van der Waals surface area contributed by atoms with Crippen LogP contribution in [0.15, 0.2) is 51.1 Å². The molecule has 6 nitrogen and oxygen atoms in total. The summed E-state index contributed by atoms with van der Waals surface area (Å²) in [6.45, 7) is 1.94. The molecule has 0 radical (unpaired) electrons. The van der Waals surface area contributed by atoms with Crippen LogP contribution in [-0.2, 0) is 7.05 Å². The fourth-order valence-corrected chi connectivity index (χ4v) is 3.47. The summed E-state index contributed by atoms with van der Waals surface area (Å²) >= 11 is 3.49. The average molecular weight is 402 g/mol. The number of carbonyl (C=O) groups is 1. The van der Waals surface area contributed by atoms with E-state index in [9.17, 15) is 9.90 Å². The van der Waals surface area contributed by atoms with Gasteiger partial charge in [0.1, 0.15) is 5.75 Å². The topological polar surface area (TPSA) is 76.2 Å². The highest BCUT2D eigenvalue weighted by atomic mass is 79.9. The van der Waals surface area contributed by atoms with Gasteiger partial charge in [0.15, 0.2) is 5.69 Å². The Morgan fingerprint density at radius 2 is 1.92 bits per heavy atom. The smallest absolute Gasteiger partial charge is 0.295 e. The largest absolute Gasteiger partial charge is 0.497 e. The van der Waals surface area contributed by atoms with Gasteiger partial charge in [-0.15, -0.1) is 10.2 Å². The van der Waals surface area contributed by atoms with Crippen molar-refractivity contribution in [3.8, 4) is 11.6 Å². The van der Waals surface area contributed by atoms with Gasteiger partial charge in [-0.1, -0.05) is 0 Å². The third-order valence-corrected chi connectivity index (χ3v) is 4.51. The van der Waals surface area contributed by atoms with Crippen molar-refractivity contribution in [2.45, 2.75) is 6.92 Å². The number of carbonyl (C=O) groups excluding carboxylic acids is 1. The van der Waals surface area contributed by atoms with E-state index >= 15 is 0 Å². The molecule has 1 heterocycles. The number of amides is 1. The molecule has 3 aromatic rings. The number of nitrogens with zero attached hydrogens (tertiary/aromatic N) is 3. The quantitative estimate of drug-likeness (QED) is 0.634. The van der Waals surface area contributed by atoms with E-state index in [1.54, 1.807) is 43.0 Å². The lowest BCUT2D eigenvalue weighted by Crippen LogP contribution is -1.93. The predicted molar refractivity (Wildman–Crippen MR) is 98.9 cm³/mol. The molecule has 0 unspecified atom stereocenters. The summed E-state index contributed by atoms with van der Waals surface area (Å²) in [7, 11) is 3.28. The number of hydrogen-bond acceptors (Lipinski definition) is 4. The first-order valence-corrected chi connectivity index (χ1v) is 8.29. The lowest BCUT2D eigenvalue weighted by Gasteiger charge is -2.01. The Bertz CT molecular complexity index is 991. The van der Waals surface area contributed by atoms with Gasteiger partial charge in [-0.25, -0.2) is 0 Å². The van der Waals surface area contributed by atoms with Crippen molar-refractivity contribution in [3.63, 3.8) is 0 Å². The molecule has 0 atom stereocenters. The number of aromatic nitrogens is 1. The Morgan fingerprint density at radius 1 is 1.24 bits per heavy atom. The summed E-state index contributed by atoms with van der Waals surface area (Å²) < 4.78 is 7.50. The molecule has 0 aliphatic carbocycles. The van der Waals surface area contributed by atoms with E-state index in [2.05, 4.69) is 26.2 Å². The standard InChI is InChI=1S/C18H16BrN3O3/c1-10-8-13-15(18(24)22(2)16(13)14(19)9-10)20-21-17(23)11-4-6-12(25-3)7-5-11/h4-9,24H,1-3H3. The van der Waals surface area contributed by atoms with E-state index in [0.29, 0.717) is 11.3 Å². The minimum Gasteiger partial charge on any atom is -0.497 e. The summed E-state index contributed by atoms with van der Waals surface area (Å²) in [5.74, 6) is 0.110. The SMILES string of the molecule is COc1ccc(C(=O)N=Nc2c(O)n(C)c3c(Br)cc(C)cc23)cc1. The van der Waals surface area contributed by atoms with Crippen molar-refractivity contribution >= 4 is 38.4 Å². The van der Waals surface area contributed by atoms with Crippen LogP contribution in [-0.4, -0.2) is 22.7 Å². The van der Waals surface area contributed by atoms with Crippen molar-refractivity contribution in [1.82, 2.24) is 4.57 Å². The monoisotopic (exact) mass is 401 g/mol. The third kappa shape index (κ3) is 3.15. The van der Waals surface area contributed by atoms with Crippen LogP contribution >= 0.6 is 15.9 Å². The molecular weight excluding hydrogens is 386 g/mol. The Morgan fingerprint density at radius 3 is 2.56 bits per heavy atom. The number of rotatable bonds is 3. The summed E-state index contributed by atoms with van der Waals surface area (Å²) in [4.78, 5) is 12.2. The van der Waals surface area contributed by atoms with Gasteiger partial charge in [-0.3, -0.25) is 4.79 Å². The van der Waals surface area contributed by atoms with Gasteiger partial charge in [0.2, 0.25) is 5.88 Å². The number of halogens is 1. The number of azo groups is 1. The molecule has 1 aromatic heterocycles. The maximum Gasteiger partial charge on any atom is 0.295 e. The number of methoxy groups -OCH3 is 1. The van der Waals surface area contributed by atoms with Crippen LogP contribution in [0, 0.1) is 6.92 Å². The maximum atomic E-state index is 12.2. The number of ether oxygens (including phenoxy) is 1. The zero-order valence-corrected chi connectivity index (χ0v) is 15.5. The molecule has 3 rings (SSSR count). The van der Waals surface area contributed by atoms with E-state index < -0.39 is 5.91 Å². The number of hydrogen-bond donors (Lipinski definition) is 1. The molecule has 0 fully saturated rings. The van der Waals surface area contributed by atoms with Crippen LogP contribution in [0.4, 0.5) is 5.69 Å². The van der Waals surface area contributed by atoms with Crippen LogP contribution in [0.3, 0.4) is 0 Å². The highest BCUT2D eigenvalue weighted by molar-refractivity contribution is 9.10. The predicted octanol–water partition coefficient (Wildman–Crippen LogP) is 4.89. The maximum absolute atomic E-state index is 12.2. The fraction of sp³-hybridized carbons (Fsp3) is 0.167. The molecule has 0 aliphatic rings. The molecule has 2 aromatic carbocycles. The highest BCUT2D eigenvalue weighted by Crippen LogP contribution is 2.41. The highest BCUT2D eigenvalue weighted by Gasteiger charge is 2.17. The molecule has 1 amide bonds. The van der Waals surface area contributed by atoms with Crippen molar-refractivity contribution < 1.29 is 14.6 Å². The van der Waals surface area contributed by atoms with E-state index in [-0.39, 0.29) is 11.6 Å². The zero-order chi connectivity index (χ0) is 18.1. The summed E-state index contributed by atoms with van der Waals surface area (Å²) in [6.07, 6.45) is 0. The Balaban J connectivity index is 2.00. The lowest BCUT2D eigenvalue weighted by atomic mass is 10.1. The summed E-state index contributed by atoms with van der Waals surface area (Å²) in [6, 6.07) is 10.4. The molecule has 1 N–H and O–H groups in total. The second kappa shape index (κ2) is 6.68. The van der Waals surface area contributed by atoms with Crippen molar-refractivity contribution in [1.29, 1.82) is 0 Å². The van der Waals surface area contributed by atoms with Gasteiger partial charge in [-0.2, -0.15) is 0 Å². The third-order valence-electron chi connectivity index (χ3n) is 3.91. The second-order valence-electron chi connectivity index (χ2n) is 5.61. The second-order valence-corrected chi connectivity index (χ2v) is 6.46. The van der Waals surface area contributed by atoms with Gasteiger partial charge in [0.25, 0.3) is 5.91 Å². The molecule has 0 spiro atoms. The molecule has 0 aliphatic heterocycles. The van der Waals surface area contributed by atoms with Crippen molar-refractivity contribution in [2.75, 3.05) is 7.11 Å². The number of aryl methyl sites for hydroxylation is 2. The zero-order valence-electron chi connectivity index (χ0n) is 13.9. The minimum absolute atomic E-state index is 0.0485. The van der Waals surface area contributed by atoms with Crippen molar-refractivity contribution in [2.24, 2.45) is 17.3 Å². The van der Waals surface area contributed by atoms with Gasteiger partial charge < -0.3 is 14.4 Å². The number of fused-ring (bicyclic) bond motifs is 1. The summed E-state index contributed by atoms with van der Waals surface area (Å²) in [5.41, 5.74) is 2.45. The molecular formula is C18H16BrN3O3. The molecule has 128 valence electrons. The van der Waals surface area contributed by atoms with E-state index in [1.807, 2.05) is 19.1 Å². The van der Waals surface area contributed by atoms with Crippen LogP contribution in [0.2, 0.25) is 0 Å². The molecule has 0 saturated carbocycles. The van der Waals surface area contributed by atoms with Crippen LogP contribution in [0.25, 0.3) is 10.9 Å². The molecule has 0 saturated heterocycles. The Labute approximate surface area is 152 Å². The first-order chi connectivity index (χ1) is 11.9. The Hall–Kier alpha value is -2.67. The van der Waals surface area contributed by atoms with Crippen LogP contribution in [0.1, 0.15) is 15.9 Å².